The lowest BCUT2D eigenvalue weighted by Crippen LogP contribution is -1.96. The average Bonchev–Trinajstić information content (AvgIpc) is 2.63. The molecule has 2 rings (SSSR count). The molecule has 0 amide bonds. The van der Waals surface area contributed by atoms with Crippen molar-refractivity contribution >= 4 is 0 Å². The lowest BCUT2D eigenvalue weighted by Gasteiger charge is -2.11. The van der Waals surface area contributed by atoms with Gasteiger partial charge in [-0.2, -0.15) is 0 Å². The van der Waals surface area contributed by atoms with Crippen molar-refractivity contribution in [3.05, 3.63) is 34.9 Å². The van der Waals surface area contributed by atoms with E-state index in [1.165, 1.54) is 0 Å². The van der Waals surface area contributed by atoms with Crippen molar-refractivity contribution in [3.63, 3.8) is 0 Å². The zero-order chi connectivity index (χ0) is 11.7. The standard InChI is InChI=1S/C13H16O3/c1-4-8-5-9-6-11(15-2)12(16-3)7-10(9)13(8)14/h4,6-7,13-14H,5H2,1-3H3. The van der Waals surface area contributed by atoms with Crippen molar-refractivity contribution in [1.82, 2.24) is 0 Å². The van der Waals surface area contributed by atoms with Gasteiger partial charge in [-0.3, -0.25) is 0 Å². The number of fused-ring (bicyclic) bond motifs is 1. The predicted molar refractivity (Wildman–Crippen MR) is 62.0 cm³/mol. The predicted octanol–water partition coefficient (Wildman–Crippen LogP) is 2.24. The number of ether oxygens (including phenoxy) is 2. The molecule has 0 radical (unpaired) electrons. The van der Waals surface area contributed by atoms with Gasteiger partial charge in [0, 0.05) is 0 Å². The number of hydrogen-bond acceptors (Lipinski definition) is 3. The Balaban J connectivity index is 2.51. The maximum Gasteiger partial charge on any atom is 0.161 e. The molecule has 0 aromatic heterocycles. The lowest BCUT2D eigenvalue weighted by molar-refractivity contribution is 0.220. The third-order valence-corrected chi connectivity index (χ3v) is 3.06. The molecule has 1 aromatic carbocycles. The highest BCUT2D eigenvalue weighted by atomic mass is 16.5. The minimum absolute atomic E-state index is 0.500. The monoisotopic (exact) mass is 220 g/mol. The molecule has 1 aliphatic rings. The summed E-state index contributed by atoms with van der Waals surface area (Å²) >= 11 is 0. The van der Waals surface area contributed by atoms with Gasteiger partial charge in [0.15, 0.2) is 11.5 Å². The van der Waals surface area contributed by atoms with Crippen LogP contribution in [-0.4, -0.2) is 19.3 Å². The van der Waals surface area contributed by atoms with Crippen LogP contribution in [0.5, 0.6) is 11.5 Å². The first kappa shape index (κ1) is 11.0. The molecule has 1 N–H and O–H groups in total. The van der Waals surface area contributed by atoms with Crippen LogP contribution in [0.4, 0.5) is 0 Å². The molecule has 0 saturated heterocycles. The summed E-state index contributed by atoms with van der Waals surface area (Å²) in [6.45, 7) is 1.94. The zero-order valence-electron chi connectivity index (χ0n) is 9.78. The van der Waals surface area contributed by atoms with Crippen LogP contribution < -0.4 is 9.47 Å². The van der Waals surface area contributed by atoms with Gasteiger partial charge in [-0.1, -0.05) is 6.08 Å². The molecule has 0 fully saturated rings. The molecule has 0 aliphatic heterocycles. The molecule has 0 bridgehead atoms. The molecular weight excluding hydrogens is 204 g/mol. The summed E-state index contributed by atoms with van der Waals surface area (Å²) in [5.74, 6) is 1.38. The highest BCUT2D eigenvalue weighted by Crippen LogP contribution is 2.41. The smallest absolute Gasteiger partial charge is 0.161 e. The van der Waals surface area contributed by atoms with Crippen molar-refractivity contribution in [2.45, 2.75) is 19.4 Å². The lowest BCUT2D eigenvalue weighted by atomic mass is 10.1. The number of methoxy groups -OCH3 is 2. The van der Waals surface area contributed by atoms with Crippen LogP contribution in [-0.2, 0) is 6.42 Å². The van der Waals surface area contributed by atoms with Gasteiger partial charge in [0.05, 0.1) is 14.2 Å². The van der Waals surface area contributed by atoms with E-state index in [-0.39, 0.29) is 0 Å². The molecule has 0 saturated carbocycles. The fourth-order valence-corrected chi connectivity index (χ4v) is 2.12. The average molecular weight is 220 g/mol. The second-order valence-electron chi connectivity index (χ2n) is 3.85. The van der Waals surface area contributed by atoms with Crippen LogP contribution >= 0.6 is 0 Å². The largest absolute Gasteiger partial charge is 0.493 e. The summed E-state index contributed by atoms with van der Waals surface area (Å²) < 4.78 is 10.5. The number of aliphatic hydroxyl groups excluding tert-OH is 1. The number of rotatable bonds is 2. The summed E-state index contributed by atoms with van der Waals surface area (Å²) in [5.41, 5.74) is 3.06. The molecule has 0 heterocycles. The minimum Gasteiger partial charge on any atom is -0.493 e. The summed E-state index contributed by atoms with van der Waals surface area (Å²) in [4.78, 5) is 0. The Morgan fingerprint density at radius 3 is 2.44 bits per heavy atom. The Hall–Kier alpha value is -1.48. The molecule has 1 atom stereocenters. The van der Waals surface area contributed by atoms with Gasteiger partial charge in [-0.25, -0.2) is 0 Å². The molecule has 1 aliphatic carbocycles. The third kappa shape index (κ3) is 1.57. The fourth-order valence-electron chi connectivity index (χ4n) is 2.12. The van der Waals surface area contributed by atoms with Crippen LogP contribution in [0.15, 0.2) is 23.8 Å². The van der Waals surface area contributed by atoms with Gasteiger partial charge >= 0.3 is 0 Å². The quantitative estimate of drug-likeness (QED) is 0.777. The Morgan fingerprint density at radius 1 is 1.25 bits per heavy atom. The summed E-state index contributed by atoms with van der Waals surface area (Å²) in [6.07, 6.45) is 2.25. The molecule has 0 spiro atoms. The molecule has 3 nitrogen and oxygen atoms in total. The SMILES string of the molecule is CC=C1Cc2cc(OC)c(OC)cc2C1O. The first-order chi connectivity index (χ1) is 7.71. The van der Waals surface area contributed by atoms with Crippen molar-refractivity contribution in [2.24, 2.45) is 0 Å². The van der Waals surface area contributed by atoms with E-state index in [0.717, 1.165) is 23.1 Å². The van der Waals surface area contributed by atoms with Crippen LogP contribution in [0.3, 0.4) is 0 Å². The fraction of sp³-hybridized carbons (Fsp3) is 0.385. The summed E-state index contributed by atoms with van der Waals surface area (Å²) in [7, 11) is 3.22. The van der Waals surface area contributed by atoms with E-state index >= 15 is 0 Å². The second kappa shape index (κ2) is 4.18. The Bertz CT molecular complexity index is 435. The molecule has 86 valence electrons. The minimum atomic E-state index is -0.500. The Labute approximate surface area is 95.3 Å². The van der Waals surface area contributed by atoms with Crippen molar-refractivity contribution in [3.8, 4) is 11.5 Å². The number of allylic oxidation sites excluding steroid dienone is 1. The van der Waals surface area contributed by atoms with Gasteiger partial charge in [-0.05, 0) is 42.2 Å². The topological polar surface area (TPSA) is 38.7 Å². The van der Waals surface area contributed by atoms with Crippen LogP contribution in [0.2, 0.25) is 0 Å². The Kier molecular flexibility index (Phi) is 2.88. The van der Waals surface area contributed by atoms with E-state index in [1.807, 2.05) is 25.1 Å². The maximum atomic E-state index is 10.1. The molecule has 1 unspecified atom stereocenters. The number of hydrogen-bond donors (Lipinski definition) is 1. The number of aliphatic hydroxyl groups is 1. The second-order valence-corrected chi connectivity index (χ2v) is 3.85. The van der Waals surface area contributed by atoms with Gasteiger partial charge in [0.25, 0.3) is 0 Å². The first-order valence-electron chi connectivity index (χ1n) is 5.29. The Morgan fingerprint density at radius 2 is 1.88 bits per heavy atom. The van der Waals surface area contributed by atoms with E-state index < -0.39 is 6.10 Å². The van der Waals surface area contributed by atoms with Crippen molar-refractivity contribution in [1.29, 1.82) is 0 Å². The van der Waals surface area contributed by atoms with Crippen molar-refractivity contribution < 1.29 is 14.6 Å². The van der Waals surface area contributed by atoms with E-state index in [9.17, 15) is 5.11 Å². The van der Waals surface area contributed by atoms with Gasteiger partial charge in [0.2, 0.25) is 0 Å². The molecule has 16 heavy (non-hydrogen) atoms. The van der Waals surface area contributed by atoms with E-state index in [0.29, 0.717) is 11.5 Å². The molecule has 3 heteroatoms. The molecular formula is C13H16O3. The van der Waals surface area contributed by atoms with E-state index in [4.69, 9.17) is 9.47 Å². The van der Waals surface area contributed by atoms with Gasteiger partial charge in [0.1, 0.15) is 6.10 Å². The van der Waals surface area contributed by atoms with E-state index in [2.05, 4.69) is 0 Å². The summed E-state index contributed by atoms with van der Waals surface area (Å²) in [5, 5.41) is 10.1. The van der Waals surface area contributed by atoms with Crippen LogP contribution in [0.1, 0.15) is 24.2 Å². The van der Waals surface area contributed by atoms with E-state index in [1.54, 1.807) is 14.2 Å². The van der Waals surface area contributed by atoms with Gasteiger partial charge in [-0.15, -0.1) is 0 Å². The van der Waals surface area contributed by atoms with Gasteiger partial charge < -0.3 is 14.6 Å². The maximum absolute atomic E-state index is 10.1. The summed E-state index contributed by atoms with van der Waals surface area (Å²) in [6, 6.07) is 3.79. The zero-order valence-corrected chi connectivity index (χ0v) is 9.78. The van der Waals surface area contributed by atoms with Crippen LogP contribution in [0, 0.1) is 0 Å². The normalized spacial score (nSPS) is 21.0. The first-order valence-corrected chi connectivity index (χ1v) is 5.29. The highest BCUT2D eigenvalue weighted by Gasteiger charge is 2.26. The van der Waals surface area contributed by atoms with Crippen LogP contribution in [0.25, 0.3) is 0 Å². The van der Waals surface area contributed by atoms with Crippen molar-refractivity contribution in [2.75, 3.05) is 14.2 Å². The third-order valence-electron chi connectivity index (χ3n) is 3.06. The molecule has 1 aromatic rings. The highest BCUT2D eigenvalue weighted by molar-refractivity contribution is 5.54. The number of benzene rings is 1.